The summed E-state index contributed by atoms with van der Waals surface area (Å²) in [7, 11) is 0. The summed E-state index contributed by atoms with van der Waals surface area (Å²) in [6, 6.07) is 28.8. The van der Waals surface area contributed by atoms with E-state index in [1.54, 1.807) is 6.20 Å². The number of carboxylic acid groups (broad SMARTS) is 1. The molecule has 1 aliphatic rings. The topological polar surface area (TPSA) is 112 Å². The molecule has 6 rings (SSSR count). The number of nitrogens with zero attached hydrogens (tertiary/aromatic N) is 2. The van der Waals surface area contributed by atoms with Gasteiger partial charge in [0, 0.05) is 42.6 Å². The number of aliphatic carboxylic acids is 1. The second-order valence-corrected chi connectivity index (χ2v) is 9.98. The van der Waals surface area contributed by atoms with Crippen molar-refractivity contribution in [3.05, 3.63) is 118 Å². The third-order valence-corrected chi connectivity index (χ3v) is 7.03. The lowest BCUT2D eigenvalue weighted by Gasteiger charge is -2.29. The number of pyridine rings is 2. The summed E-state index contributed by atoms with van der Waals surface area (Å²) in [6.45, 7) is 2.86. The van der Waals surface area contributed by atoms with Crippen LogP contribution in [-0.4, -0.2) is 38.7 Å². The number of H-pyrrole nitrogens is 1. The molecule has 0 atom stereocenters. The van der Waals surface area contributed by atoms with E-state index >= 15 is 0 Å². The molecular formula is C32H27F3N4O3. The van der Waals surface area contributed by atoms with Crippen LogP contribution in [0.25, 0.3) is 33.3 Å². The molecule has 5 aromatic rings. The zero-order chi connectivity index (χ0) is 29.9. The molecule has 0 bridgehead atoms. The van der Waals surface area contributed by atoms with Gasteiger partial charge in [-0.25, -0.2) is 9.78 Å². The lowest BCUT2D eigenvalue weighted by molar-refractivity contribution is -0.192. The molecule has 0 aliphatic carbocycles. The minimum atomic E-state index is -5.08. The van der Waals surface area contributed by atoms with Crippen molar-refractivity contribution in [2.45, 2.75) is 25.7 Å². The molecule has 1 aliphatic heterocycles. The predicted octanol–water partition coefficient (Wildman–Crippen LogP) is 6.03. The van der Waals surface area contributed by atoms with Gasteiger partial charge in [-0.3, -0.25) is 9.69 Å². The number of carboxylic acids is 1. The van der Waals surface area contributed by atoms with Crippen LogP contribution < -0.4 is 11.3 Å². The SMILES string of the molecule is Nc1ccc2c(c1)CCN(Cc1ccc(-c3nc4cc[nH]c(=O)c4cc3-c3ccccc3)cc1)C2.O=C(O)C(F)(F)F. The van der Waals surface area contributed by atoms with Gasteiger partial charge in [-0.2, -0.15) is 13.2 Å². The van der Waals surface area contributed by atoms with E-state index in [4.69, 9.17) is 20.6 Å². The van der Waals surface area contributed by atoms with Gasteiger partial charge >= 0.3 is 12.1 Å². The highest BCUT2D eigenvalue weighted by atomic mass is 19.4. The maximum atomic E-state index is 12.4. The number of halogens is 3. The van der Waals surface area contributed by atoms with Crippen LogP contribution in [0, 0.1) is 0 Å². The number of alkyl halides is 3. The first-order valence-electron chi connectivity index (χ1n) is 13.2. The van der Waals surface area contributed by atoms with Crippen LogP contribution >= 0.6 is 0 Å². The summed E-state index contributed by atoms with van der Waals surface area (Å²) < 4.78 is 31.7. The molecule has 7 nitrogen and oxygen atoms in total. The molecular weight excluding hydrogens is 545 g/mol. The Balaban J connectivity index is 0.000000451. The molecule has 214 valence electrons. The molecule has 0 amide bonds. The van der Waals surface area contributed by atoms with Crippen molar-refractivity contribution in [3.8, 4) is 22.4 Å². The van der Waals surface area contributed by atoms with Crippen LogP contribution in [0.2, 0.25) is 0 Å². The maximum Gasteiger partial charge on any atom is 0.490 e. The van der Waals surface area contributed by atoms with Crippen molar-refractivity contribution in [1.82, 2.24) is 14.9 Å². The number of carbonyl (C=O) groups is 1. The smallest absolute Gasteiger partial charge is 0.475 e. The van der Waals surface area contributed by atoms with E-state index in [9.17, 15) is 18.0 Å². The van der Waals surface area contributed by atoms with E-state index in [1.807, 2.05) is 36.4 Å². The van der Waals surface area contributed by atoms with Gasteiger partial charge in [0.15, 0.2) is 0 Å². The summed E-state index contributed by atoms with van der Waals surface area (Å²) in [5.74, 6) is -2.76. The Morgan fingerprint density at radius 1 is 0.952 bits per heavy atom. The van der Waals surface area contributed by atoms with Crippen molar-refractivity contribution >= 4 is 22.6 Å². The van der Waals surface area contributed by atoms with Gasteiger partial charge in [0.05, 0.1) is 16.6 Å². The number of nitrogens with two attached hydrogens (primary N) is 1. The van der Waals surface area contributed by atoms with Crippen molar-refractivity contribution in [2.75, 3.05) is 12.3 Å². The maximum absolute atomic E-state index is 12.4. The van der Waals surface area contributed by atoms with Crippen molar-refractivity contribution < 1.29 is 23.1 Å². The highest BCUT2D eigenvalue weighted by molar-refractivity contribution is 5.91. The number of benzene rings is 3. The second-order valence-electron chi connectivity index (χ2n) is 9.98. The van der Waals surface area contributed by atoms with Crippen molar-refractivity contribution in [2.24, 2.45) is 0 Å². The fourth-order valence-electron chi connectivity index (χ4n) is 4.96. The predicted molar refractivity (Wildman–Crippen MR) is 156 cm³/mol. The van der Waals surface area contributed by atoms with Crippen LogP contribution in [0.1, 0.15) is 16.7 Å². The zero-order valence-corrected chi connectivity index (χ0v) is 22.4. The summed E-state index contributed by atoms with van der Waals surface area (Å²) in [5, 5.41) is 7.72. The molecule has 0 spiro atoms. The first-order chi connectivity index (χ1) is 20.1. The number of rotatable bonds is 4. The van der Waals surface area contributed by atoms with Crippen LogP contribution in [0.3, 0.4) is 0 Å². The molecule has 42 heavy (non-hydrogen) atoms. The molecule has 2 aromatic heterocycles. The molecule has 4 N–H and O–H groups in total. The zero-order valence-electron chi connectivity index (χ0n) is 22.4. The highest BCUT2D eigenvalue weighted by Gasteiger charge is 2.38. The Labute approximate surface area is 239 Å². The Kier molecular flexibility index (Phi) is 8.08. The minimum Gasteiger partial charge on any atom is -0.475 e. The fraction of sp³-hybridized carbons (Fsp3) is 0.156. The Bertz CT molecular complexity index is 1790. The first kappa shape index (κ1) is 28.6. The number of fused-ring (bicyclic) bond motifs is 2. The number of nitrogen functional groups attached to an aromatic ring is 1. The lowest BCUT2D eigenvalue weighted by Crippen LogP contribution is -2.30. The molecule has 3 heterocycles. The Hall–Kier alpha value is -4.96. The Morgan fingerprint density at radius 2 is 1.67 bits per heavy atom. The molecule has 0 saturated heterocycles. The van der Waals surface area contributed by atoms with Crippen molar-refractivity contribution in [3.63, 3.8) is 0 Å². The van der Waals surface area contributed by atoms with E-state index < -0.39 is 12.1 Å². The van der Waals surface area contributed by atoms with Gasteiger partial charge < -0.3 is 15.8 Å². The number of hydrogen-bond acceptors (Lipinski definition) is 5. The van der Waals surface area contributed by atoms with Crippen LogP contribution in [-0.2, 0) is 24.3 Å². The molecule has 0 unspecified atom stereocenters. The van der Waals surface area contributed by atoms with Crippen molar-refractivity contribution in [1.29, 1.82) is 0 Å². The summed E-state index contributed by atoms with van der Waals surface area (Å²) in [4.78, 5) is 31.5. The van der Waals surface area contributed by atoms with Gasteiger partial charge in [0.1, 0.15) is 0 Å². The lowest BCUT2D eigenvalue weighted by atomic mass is 9.96. The number of nitrogens with one attached hydrogen (secondary N) is 1. The van der Waals surface area contributed by atoms with Gasteiger partial charge in [-0.15, -0.1) is 0 Å². The monoisotopic (exact) mass is 572 g/mol. The minimum absolute atomic E-state index is 0.125. The molecule has 0 saturated carbocycles. The van der Waals surface area contributed by atoms with E-state index in [0.29, 0.717) is 10.9 Å². The molecule has 0 fully saturated rings. The average Bonchev–Trinajstić information content (AvgIpc) is 2.97. The van der Waals surface area contributed by atoms with E-state index in [2.05, 4.69) is 58.4 Å². The second kappa shape index (κ2) is 11.9. The van der Waals surface area contributed by atoms with Crippen LogP contribution in [0.15, 0.2) is 95.9 Å². The summed E-state index contributed by atoms with van der Waals surface area (Å²) in [5.41, 5.74) is 15.3. The quantitative estimate of drug-likeness (QED) is 0.227. The third kappa shape index (κ3) is 6.50. The standard InChI is InChI=1S/C30H26N4O.C2HF3O2/c31-25-11-10-24-19-34(15-13-23(24)16-25)18-20-6-8-22(9-7-20)29-26(21-4-2-1-3-5-21)17-27-28(33-29)12-14-32-30(27)35;3-2(4,5)1(6)7/h1-12,14,16-17H,13,15,18-19,31H2,(H,32,35);(H,6,7). The molecule has 3 aromatic carbocycles. The van der Waals surface area contributed by atoms with Gasteiger partial charge in [0.25, 0.3) is 5.56 Å². The first-order valence-corrected chi connectivity index (χ1v) is 13.2. The van der Waals surface area contributed by atoms with E-state index in [-0.39, 0.29) is 5.56 Å². The average molecular weight is 573 g/mol. The largest absolute Gasteiger partial charge is 0.490 e. The van der Waals surface area contributed by atoms with Gasteiger partial charge in [-0.1, -0.05) is 60.7 Å². The Morgan fingerprint density at radius 3 is 2.36 bits per heavy atom. The number of anilines is 1. The third-order valence-electron chi connectivity index (χ3n) is 7.03. The van der Waals surface area contributed by atoms with E-state index in [1.165, 1.54) is 16.7 Å². The number of aromatic nitrogens is 2. The van der Waals surface area contributed by atoms with Crippen LogP contribution in [0.4, 0.5) is 18.9 Å². The normalized spacial score (nSPS) is 13.2. The number of aromatic amines is 1. The summed E-state index contributed by atoms with van der Waals surface area (Å²) >= 11 is 0. The highest BCUT2D eigenvalue weighted by Crippen LogP contribution is 2.33. The number of hydrogen-bond donors (Lipinski definition) is 3. The fourth-order valence-corrected chi connectivity index (χ4v) is 4.96. The molecule has 0 radical (unpaired) electrons. The van der Waals surface area contributed by atoms with Gasteiger partial charge in [0.2, 0.25) is 0 Å². The van der Waals surface area contributed by atoms with Gasteiger partial charge in [-0.05, 0) is 52.9 Å². The molecule has 10 heteroatoms. The van der Waals surface area contributed by atoms with E-state index in [0.717, 1.165) is 54.1 Å². The summed E-state index contributed by atoms with van der Waals surface area (Å²) in [6.07, 6.45) is -2.41. The van der Waals surface area contributed by atoms with Crippen LogP contribution in [0.5, 0.6) is 0 Å².